The first-order valence-corrected chi connectivity index (χ1v) is 8.66. The molecule has 4 rings (SSSR count). The Hall–Kier alpha value is -2.27. The van der Waals surface area contributed by atoms with Crippen LogP contribution >= 0.6 is 11.8 Å². The molecule has 0 spiro atoms. The zero-order valence-corrected chi connectivity index (χ0v) is 13.7. The van der Waals surface area contributed by atoms with E-state index in [1.54, 1.807) is 0 Å². The number of carbonyl (C=O) groups excluding carboxylic acids is 1. The minimum Gasteiger partial charge on any atom is -0.319 e. The summed E-state index contributed by atoms with van der Waals surface area (Å²) in [5.74, 6) is 1.93. The summed E-state index contributed by atoms with van der Waals surface area (Å²) in [5, 5.41) is 0. The topological polar surface area (TPSA) is 38.1 Å². The quantitative estimate of drug-likeness (QED) is 0.724. The Morgan fingerprint density at radius 2 is 1.96 bits per heavy atom. The van der Waals surface area contributed by atoms with E-state index in [1.807, 2.05) is 70.6 Å². The molecule has 2 aromatic carbocycles. The molecule has 0 bridgehead atoms. The number of anilines is 1. The maximum absolute atomic E-state index is 12.9. The fourth-order valence-corrected chi connectivity index (χ4v) is 4.04. The van der Waals surface area contributed by atoms with E-state index in [0.717, 1.165) is 34.8 Å². The van der Waals surface area contributed by atoms with Gasteiger partial charge in [-0.15, -0.1) is 11.8 Å². The van der Waals surface area contributed by atoms with Crippen LogP contribution in [0.4, 0.5) is 5.69 Å². The summed E-state index contributed by atoms with van der Waals surface area (Å²) in [4.78, 5) is 20.5. The van der Waals surface area contributed by atoms with Crippen LogP contribution < -0.4 is 4.90 Å². The van der Waals surface area contributed by atoms with Crippen LogP contribution in [0.15, 0.2) is 53.4 Å². The molecule has 4 nitrogen and oxygen atoms in total. The number of hydrogen-bond acceptors (Lipinski definition) is 3. The molecule has 0 radical (unpaired) electrons. The van der Waals surface area contributed by atoms with Gasteiger partial charge in [-0.2, -0.15) is 0 Å². The number of rotatable bonds is 2. The molecule has 0 aliphatic carbocycles. The van der Waals surface area contributed by atoms with Crippen molar-refractivity contribution in [3.63, 3.8) is 0 Å². The predicted molar refractivity (Wildman–Crippen MR) is 94.0 cm³/mol. The van der Waals surface area contributed by atoms with E-state index in [9.17, 15) is 4.79 Å². The Balaban J connectivity index is 1.67. The summed E-state index contributed by atoms with van der Waals surface area (Å²) in [6.45, 7) is 3.03. The third-order valence-corrected chi connectivity index (χ3v) is 5.21. The number of fused-ring (bicyclic) bond motifs is 2. The van der Waals surface area contributed by atoms with Crippen LogP contribution in [-0.2, 0) is 11.3 Å². The lowest BCUT2D eigenvalue weighted by Crippen LogP contribution is -2.37. The molecule has 0 saturated heterocycles. The minimum atomic E-state index is 0.115. The van der Waals surface area contributed by atoms with Gasteiger partial charge in [-0.25, -0.2) is 4.98 Å². The van der Waals surface area contributed by atoms with Gasteiger partial charge in [0.2, 0.25) is 5.91 Å². The Bertz CT molecular complexity index is 887. The fraction of sp³-hybridized carbons (Fsp3) is 0.222. The van der Waals surface area contributed by atoms with Crippen molar-refractivity contribution in [2.75, 3.05) is 17.2 Å². The fourth-order valence-electron chi connectivity index (χ4n) is 3.04. The second kappa shape index (κ2) is 5.74. The van der Waals surface area contributed by atoms with Gasteiger partial charge >= 0.3 is 0 Å². The number of para-hydroxylation sites is 3. The van der Waals surface area contributed by atoms with E-state index in [1.165, 1.54) is 4.90 Å². The molecule has 3 aromatic rings. The molecule has 1 aliphatic heterocycles. The molecule has 0 atom stereocenters. The van der Waals surface area contributed by atoms with Gasteiger partial charge in [0.15, 0.2) is 0 Å². The standard InChI is InChI=1S/C18H17N3OS/c1-13-19-14-6-2-3-7-15(14)21(13)12-18(22)20-10-11-23-17-9-5-4-8-16(17)20/h2-9H,10-12H2,1H3. The summed E-state index contributed by atoms with van der Waals surface area (Å²) in [6, 6.07) is 16.1. The van der Waals surface area contributed by atoms with Gasteiger partial charge in [-0.1, -0.05) is 24.3 Å². The summed E-state index contributed by atoms with van der Waals surface area (Å²) in [7, 11) is 0. The molecule has 116 valence electrons. The van der Waals surface area contributed by atoms with E-state index < -0.39 is 0 Å². The van der Waals surface area contributed by atoms with Crippen LogP contribution in [-0.4, -0.2) is 27.8 Å². The molecule has 0 unspecified atom stereocenters. The number of benzene rings is 2. The molecule has 23 heavy (non-hydrogen) atoms. The van der Waals surface area contributed by atoms with Gasteiger partial charge in [-0.3, -0.25) is 4.79 Å². The Kier molecular flexibility index (Phi) is 3.58. The monoisotopic (exact) mass is 323 g/mol. The van der Waals surface area contributed by atoms with Gasteiger partial charge in [0.25, 0.3) is 0 Å². The second-order valence-corrected chi connectivity index (χ2v) is 6.73. The number of hydrogen-bond donors (Lipinski definition) is 0. The van der Waals surface area contributed by atoms with Gasteiger partial charge < -0.3 is 9.47 Å². The molecule has 1 amide bonds. The number of imidazole rings is 1. The zero-order chi connectivity index (χ0) is 15.8. The average molecular weight is 323 g/mol. The Labute approximate surface area is 139 Å². The normalized spacial score (nSPS) is 14.0. The van der Waals surface area contributed by atoms with Crippen molar-refractivity contribution < 1.29 is 4.79 Å². The van der Waals surface area contributed by atoms with Gasteiger partial charge in [0.1, 0.15) is 12.4 Å². The molecule has 0 fully saturated rings. The molecule has 1 aliphatic rings. The highest BCUT2D eigenvalue weighted by Gasteiger charge is 2.23. The number of aromatic nitrogens is 2. The minimum absolute atomic E-state index is 0.115. The van der Waals surface area contributed by atoms with E-state index in [0.29, 0.717) is 6.54 Å². The predicted octanol–water partition coefficient (Wildman–Crippen LogP) is 3.48. The first-order valence-electron chi connectivity index (χ1n) is 7.68. The maximum atomic E-state index is 12.9. The third kappa shape index (κ3) is 2.51. The van der Waals surface area contributed by atoms with Gasteiger partial charge in [0.05, 0.1) is 16.7 Å². The lowest BCUT2D eigenvalue weighted by molar-refractivity contribution is -0.119. The maximum Gasteiger partial charge on any atom is 0.247 e. The Morgan fingerprint density at radius 1 is 1.17 bits per heavy atom. The highest BCUT2D eigenvalue weighted by atomic mass is 32.2. The molecule has 0 saturated carbocycles. The highest BCUT2D eigenvalue weighted by Crippen LogP contribution is 2.34. The summed E-state index contributed by atoms with van der Waals surface area (Å²) in [6.07, 6.45) is 0. The van der Waals surface area contributed by atoms with E-state index >= 15 is 0 Å². The van der Waals surface area contributed by atoms with E-state index in [2.05, 4.69) is 11.1 Å². The first kappa shape index (κ1) is 14.3. The largest absolute Gasteiger partial charge is 0.319 e. The lowest BCUT2D eigenvalue weighted by atomic mass is 10.2. The molecule has 1 aromatic heterocycles. The number of nitrogens with zero attached hydrogens (tertiary/aromatic N) is 3. The van der Waals surface area contributed by atoms with Crippen molar-refractivity contribution in [1.82, 2.24) is 9.55 Å². The smallest absolute Gasteiger partial charge is 0.247 e. The van der Waals surface area contributed by atoms with Crippen molar-refractivity contribution in [2.45, 2.75) is 18.4 Å². The van der Waals surface area contributed by atoms with Crippen LogP contribution in [0.3, 0.4) is 0 Å². The number of thioether (sulfide) groups is 1. The van der Waals surface area contributed by atoms with Gasteiger partial charge in [-0.05, 0) is 31.2 Å². The number of amides is 1. The van der Waals surface area contributed by atoms with Crippen LogP contribution in [0.5, 0.6) is 0 Å². The van der Waals surface area contributed by atoms with Gasteiger partial charge in [0, 0.05) is 17.2 Å². The number of carbonyl (C=O) groups is 1. The highest BCUT2D eigenvalue weighted by molar-refractivity contribution is 7.99. The summed E-state index contributed by atoms with van der Waals surface area (Å²) in [5.41, 5.74) is 2.97. The van der Waals surface area contributed by atoms with Crippen LogP contribution in [0.1, 0.15) is 5.82 Å². The number of aryl methyl sites for hydroxylation is 1. The van der Waals surface area contributed by atoms with Crippen molar-refractivity contribution in [2.24, 2.45) is 0 Å². The van der Waals surface area contributed by atoms with Crippen molar-refractivity contribution >= 4 is 34.4 Å². The van der Waals surface area contributed by atoms with Crippen LogP contribution in [0, 0.1) is 6.92 Å². The van der Waals surface area contributed by atoms with Crippen molar-refractivity contribution in [3.05, 3.63) is 54.4 Å². The lowest BCUT2D eigenvalue weighted by Gasteiger charge is -2.29. The third-order valence-electron chi connectivity index (χ3n) is 4.17. The summed E-state index contributed by atoms with van der Waals surface area (Å²) < 4.78 is 2.00. The van der Waals surface area contributed by atoms with E-state index in [-0.39, 0.29) is 5.91 Å². The molecule has 5 heteroatoms. The first-order chi connectivity index (χ1) is 11.2. The average Bonchev–Trinajstić information content (AvgIpc) is 2.90. The molecular formula is C18H17N3OS. The van der Waals surface area contributed by atoms with Crippen molar-refractivity contribution in [3.8, 4) is 0 Å². The zero-order valence-electron chi connectivity index (χ0n) is 12.9. The second-order valence-electron chi connectivity index (χ2n) is 5.60. The Morgan fingerprint density at radius 3 is 2.87 bits per heavy atom. The SMILES string of the molecule is Cc1nc2ccccc2n1CC(=O)N1CCSc2ccccc21. The van der Waals surface area contributed by atoms with Crippen LogP contribution in [0.25, 0.3) is 11.0 Å². The van der Waals surface area contributed by atoms with Crippen LogP contribution in [0.2, 0.25) is 0 Å². The molecule has 0 N–H and O–H groups in total. The molecular weight excluding hydrogens is 306 g/mol. The van der Waals surface area contributed by atoms with E-state index in [4.69, 9.17) is 0 Å². The van der Waals surface area contributed by atoms with Crippen molar-refractivity contribution in [1.29, 1.82) is 0 Å². The summed E-state index contributed by atoms with van der Waals surface area (Å²) >= 11 is 1.81. The molecule has 2 heterocycles.